The summed E-state index contributed by atoms with van der Waals surface area (Å²) in [5.74, 6) is 0.743. The van der Waals surface area contributed by atoms with E-state index in [2.05, 4.69) is 9.97 Å². The molecule has 0 spiro atoms. The van der Waals surface area contributed by atoms with E-state index in [0.717, 1.165) is 18.6 Å². The first kappa shape index (κ1) is 13.4. The van der Waals surface area contributed by atoms with E-state index in [1.807, 2.05) is 12.1 Å². The predicted octanol–water partition coefficient (Wildman–Crippen LogP) is 2.12. The largest absolute Gasteiger partial charge is 0.493 e. The van der Waals surface area contributed by atoms with Gasteiger partial charge in [0.2, 0.25) is 0 Å². The second kappa shape index (κ2) is 6.80. The van der Waals surface area contributed by atoms with E-state index in [1.54, 1.807) is 30.7 Å². The van der Waals surface area contributed by atoms with Crippen LogP contribution in [0.2, 0.25) is 0 Å². The summed E-state index contributed by atoms with van der Waals surface area (Å²) in [4.78, 5) is 8.33. The molecule has 0 aliphatic rings. The first-order valence-corrected chi connectivity index (χ1v) is 6.44. The molecule has 2 aromatic heterocycles. The Labute approximate surface area is 117 Å². The maximum Gasteiger partial charge on any atom is 0.123 e. The lowest BCUT2D eigenvalue weighted by atomic mass is 10.1. The van der Waals surface area contributed by atoms with E-state index in [9.17, 15) is 0 Å². The maximum absolute atomic E-state index is 5.65. The quantitative estimate of drug-likeness (QED) is 0.645. The molecule has 2 N–H and O–H groups in total. The molecule has 5 heteroatoms. The normalized spacial score (nSPS) is 10.1. The van der Waals surface area contributed by atoms with Crippen LogP contribution in [0.5, 0.6) is 5.75 Å². The molecule has 0 atom stereocenters. The monoisotopic (exact) mass is 273 g/mol. The average molecular weight is 273 g/mol. The Morgan fingerprint density at radius 2 is 2.00 bits per heavy atom. The summed E-state index contributed by atoms with van der Waals surface area (Å²) in [5.41, 5.74) is 7.37. The number of rotatable bonds is 6. The minimum absolute atomic E-state index is 0.280. The van der Waals surface area contributed by atoms with Gasteiger partial charge in [-0.2, -0.15) is 0 Å². The van der Waals surface area contributed by atoms with E-state index in [1.165, 1.54) is 5.56 Å². The lowest BCUT2D eigenvalue weighted by molar-refractivity contribution is 0.310. The van der Waals surface area contributed by atoms with Gasteiger partial charge in [-0.05, 0) is 36.6 Å². The first-order valence-electron chi connectivity index (χ1n) is 6.03. The van der Waals surface area contributed by atoms with E-state index >= 15 is 0 Å². The number of hydrogen-bond donors (Lipinski definition) is 1. The third-order valence-corrected chi connectivity index (χ3v) is 2.82. The molecule has 0 saturated heterocycles. The van der Waals surface area contributed by atoms with Crippen LogP contribution in [-0.4, -0.2) is 21.6 Å². The van der Waals surface area contributed by atoms with Gasteiger partial charge < -0.3 is 10.5 Å². The molecule has 2 heterocycles. The molecule has 0 aliphatic carbocycles. The Balaban J connectivity index is 1.80. The van der Waals surface area contributed by atoms with Crippen molar-refractivity contribution in [2.24, 2.45) is 5.73 Å². The molecule has 98 valence electrons. The van der Waals surface area contributed by atoms with Crippen LogP contribution in [0.4, 0.5) is 0 Å². The van der Waals surface area contributed by atoms with Gasteiger partial charge in [-0.1, -0.05) is 12.2 Å². The third kappa shape index (κ3) is 4.30. The lowest BCUT2D eigenvalue weighted by Crippen LogP contribution is -2.11. The highest BCUT2D eigenvalue weighted by atomic mass is 32.1. The lowest BCUT2D eigenvalue weighted by Gasteiger charge is -2.07. The highest BCUT2D eigenvalue weighted by molar-refractivity contribution is 7.80. The molecule has 19 heavy (non-hydrogen) atoms. The number of aromatic nitrogens is 2. The number of nitrogens with zero attached hydrogens (tertiary/aromatic N) is 2. The molecule has 0 bridgehead atoms. The number of ether oxygens (including phenoxy) is 1. The van der Waals surface area contributed by atoms with Crippen molar-refractivity contribution < 1.29 is 4.74 Å². The Morgan fingerprint density at radius 3 is 2.74 bits per heavy atom. The molecule has 0 aliphatic heterocycles. The van der Waals surface area contributed by atoms with E-state index in [0.29, 0.717) is 12.3 Å². The van der Waals surface area contributed by atoms with Gasteiger partial charge in [-0.25, -0.2) is 0 Å². The zero-order valence-corrected chi connectivity index (χ0v) is 11.3. The molecule has 0 radical (unpaired) electrons. The standard InChI is InChI=1S/C14H15N3OS/c15-14(19)13-10-12(5-8-17-13)18-9-1-2-11-3-6-16-7-4-11/h3-8,10H,1-2,9H2,(H2,15,19). The smallest absolute Gasteiger partial charge is 0.123 e. The van der Waals surface area contributed by atoms with Gasteiger partial charge in [0.1, 0.15) is 16.4 Å². The predicted molar refractivity (Wildman–Crippen MR) is 78.2 cm³/mol. The zero-order valence-electron chi connectivity index (χ0n) is 10.5. The summed E-state index contributed by atoms with van der Waals surface area (Å²) < 4.78 is 5.65. The van der Waals surface area contributed by atoms with Crippen molar-refractivity contribution in [3.8, 4) is 5.75 Å². The molecular formula is C14H15N3OS. The van der Waals surface area contributed by atoms with Crippen LogP contribution in [-0.2, 0) is 6.42 Å². The number of aryl methyl sites for hydroxylation is 1. The van der Waals surface area contributed by atoms with Crippen molar-refractivity contribution in [1.29, 1.82) is 0 Å². The molecule has 4 nitrogen and oxygen atoms in total. The number of thiocarbonyl (C=S) groups is 1. The Morgan fingerprint density at radius 1 is 1.21 bits per heavy atom. The van der Waals surface area contributed by atoms with Crippen LogP contribution in [0.1, 0.15) is 17.7 Å². The zero-order chi connectivity index (χ0) is 13.5. The summed E-state index contributed by atoms with van der Waals surface area (Å²) in [6, 6.07) is 7.58. The van der Waals surface area contributed by atoms with Gasteiger partial charge in [-0.3, -0.25) is 9.97 Å². The van der Waals surface area contributed by atoms with E-state index < -0.39 is 0 Å². The third-order valence-electron chi connectivity index (χ3n) is 2.61. The second-order valence-corrected chi connectivity index (χ2v) is 4.49. The van der Waals surface area contributed by atoms with E-state index in [-0.39, 0.29) is 4.99 Å². The molecule has 0 unspecified atom stereocenters. The number of pyridine rings is 2. The van der Waals surface area contributed by atoms with Gasteiger partial charge in [-0.15, -0.1) is 0 Å². The topological polar surface area (TPSA) is 61.0 Å². The van der Waals surface area contributed by atoms with Gasteiger partial charge in [0.25, 0.3) is 0 Å². The molecular weight excluding hydrogens is 258 g/mol. The summed E-state index contributed by atoms with van der Waals surface area (Å²) >= 11 is 4.87. The fraction of sp³-hybridized carbons (Fsp3) is 0.214. The van der Waals surface area contributed by atoms with Crippen LogP contribution < -0.4 is 10.5 Å². The van der Waals surface area contributed by atoms with Gasteiger partial charge >= 0.3 is 0 Å². The van der Waals surface area contributed by atoms with Gasteiger partial charge in [0.15, 0.2) is 0 Å². The number of nitrogens with two attached hydrogens (primary N) is 1. The fourth-order valence-electron chi connectivity index (χ4n) is 1.65. The maximum atomic E-state index is 5.65. The van der Waals surface area contributed by atoms with Gasteiger partial charge in [0.05, 0.1) is 6.61 Å². The van der Waals surface area contributed by atoms with Crippen molar-refractivity contribution in [3.63, 3.8) is 0 Å². The fourth-order valence-corrected chi connectivity index (χ4v) is 1.76. The van der Waals surface area contributed by atoms with Crippen LogP contribution in [0, 0.1) is 0 Å². The van der Waals surface area contributed by atoms with Crippen LogP contribution in [0.25, 0.3) is 0 Å². The van der Waals surface area contributed by atoms with Crippen molar-refractivity contribution >= 4 is 17.2 Å². The summed E-state index contributed by atoms with van der Waals surface area (Å²) in [6.07, 6.45) is 7.15. The molecule has 0 saturated carbocycles. The first-order chi connectivity index (χ1) is 9.25. The summed E-state index contributed by atoms with van der Waals surface area (Å²) in [6.45, 7) is 0.642. The van der Waals surface area contributed by atoms with Gasteiger partial charge in [0, 0.05) is 24.7 Å². The number of hydrogen-bond acceptors (Lipinski definition) is 4. The Hall–Kier alpha value is -2.01. The minimum atomic E-state index is 0.280. The molecule has 0 fully saturated rings. The SMILES string of the molecule is NC(=S)c1cc(OCCCc2ccncc2)ccn1. The molecule has 2 rings (SSSR count). The van der Waals surface area contributed by atoms with Crippen molar-refractivity contribution in [2.45, 2.75) is 12.8 Å². The van der Waals surface area contributed by atoms with E-state index in [4.69, 9.17) is 22.7 Å². The van der Waals surface area contributed by atoms with Crippen molar-refractivity contribution in [2.75, 3.05) is 6.61 Å². The van der Waals surface area contributed by atoms with Crippen LogP contribution in [0.15, 0.2) is 42.9 Å². The minimum Gasteiger partial charge on any atom is -0.493 e. The van der Waals surface area contributed by atoms with Crippen molar-refractivity contribution in [1.82, 2.24) is 9.97 Å². The van der Waals surface area contributed by atoms with Crippen LogP contribution >= 0.6 is 12.2 Å². The average Bonchev–Trinajstić information content (AvgIpc) is 2.45. The molecule has 2 aromatic rings. The molecule has 0 aromatic carbocycles. The molecule has 0 amide bonds. The summed E-state index contributed by atoms with van der Waals surface area (Å²) in [5, 5.41) is 0. The highest BCUT2D eigenvalue weighted by Crippen LogP contribution is 2.11. The van der Waals surface area contributed by atoms with Crippen LogP contribution in [0.3, 0.4) is 0 Å². The highest BCUT2D eigenvalue weighted by Gasteiger charge is 2.00. The van der Waals surface area contributed by atoms with Crippen molar-refractivity contribution in [3.05, 3.63) is 54.1 Å². The second-order valence-electron chi connectivity index (χ2n) is 4.05. The Kier molecular flexibility index (Phi) is 4.80. The summed E-state index contributed by atoms with van der Waals surface area (Å²) in [7, 11) is 0. The Bertz CT molecular complexity index is 545.